The van der Waals surface area contributed by atoms with Gasteiger partial charge in [0.25, 0.3) is 5.91 Å². The summed E-state index contributed by atoms with van der Waals surface area (Å²) in [6, 6.07) is 1.63. The lowest BCUT2D eigenvalue weighted by atomic mass is 10.2. The fourth-order valence-electron chi connectivity index (χ4n) is 1.21. The zero-order valence-electron chi connectivity index (χ0n) is 7.88. The summed E-state index contributed by atoms with van der Waals surface area (Å²) in [7, 11) is 0. The summed E-state index contributed by atoms with van der Waals surface area (Å²) in [6.07, 6.45) is 5.13. The van der Waals surface area contributed by atoms with E-state index in [0.29, 0.717) is 10.6 Å². The first kappa shape index (κ1) is 9.46. The maximum Gasteiger partial charge on any atom is 0.253 e. The zero-order chi connectivity index (χ0) is 10.2. The van der Waals surface area contributed by atoms with Crippen LogP contribution in [-0.4, -0.2) is 16.4 Å². The Labute approximate surface area is 87.5 Å². The Morgan fingerprint density at radius 1 is 1.64 bits per heavy atom. The predicted molar refractivity (Wildman–Crippen MR) is 54.4 cm³/mol. The summed E-state index contributed by atoms with van der Waals surface area (Å²) >= 11 is 5.85. The van der Waals surface area contributed by atoms with Crippen molar-refractivity contribution < 1.29 is 4.79 Å². The van der Waals surface area contributed by atoms with E-state index in [9.17, 15) is 4.79 Å². The molecule has 2 rings (SSSR count). The molecular weight excluding hydrogens is 200 g/mol. The molecule has 1 aliphatic rings. The van der Waals surface area contributed by atoms with Gasteiger partial charge in [-0.25, -0.2) is 0 Å². The van der Waals surface area contributed by atoms with Crippen LogP contribution in [0.1, 0.15) is 30.1 Å². The van der Waals surface area contributed by atoms with E-state index in [-0.39, 0.29) is 11.4 Å². The highest BCUT2D eigenvalue weighted by Gasteiger charge is 2.39. The lowest BCUT2D eigenvalue weighted by Crippen LogP contribution is -2.34. The number of carbonyl (C=O) groups is 1. The quantitative estimate of drug-likeness (QED) is 0.812. The number of hydrogen-bond acceptors (Lipinski definition) is 2. The van der Waals surface area contributed by atoms with Crippen molar-refractivity contribution in [2.24, 2.45) is 0 Å². The number of aromatic nitrogens is 1. The predicted octanol–water partition coefficient (Wildman–Crippen LogP) is 2.02. The van der Waals surface area contributed by atoms with Gasteiger partial charge in [-0.05, 0) is 25.8 Å². The molecule has 0 saturated heterocycles. The lowest BCUT2D eigenvalue weighted by Gasteiger charge is -2.11. The van der Waals surface area contributed by atoms with Gasteiger partial charge in [0.05, 0.1) is 10.6 Å². The van der Waals surface area contributed by atoms with Crippen molar-refractivity contribution >= 4 is 17.5 Å². The molecular formula is C10H11ClN2O. The highest BCUT2D eigenvalue weighted by Crippen LogP contribution is 2.34. The zero-order valence-corrected chi connectivity index (χ0v) is 8.64. The van der Waals surface area contributed by atoms with Crippen LogP contribution in [0, 0.1) is 0 Å². The summed E-state index contributed by atoms with van der Waals surface area (Å²) in [5.74, 6) is -0.114. The van der Waals surface area contributed by atoms with E-state index >= 15 is 0 Å². The monoisotopic (exact) mass is 210 g/mol. The van der Waals surface area contributed by atoms with E-state index in [1.165, 1.54) is 6.20 Å². The second-order valence-electron chi connectivity index (χ2n) is 3.87. The normalized spacial score (nSPS) is 17.6. The van der Waals surface area contributed by atoms with Crippen molar-refractivity contribution in [3.8, 4) is 0 Å². The first-order chi connectivity index (χ1) is 6.61. The van der Waals surface area contributed by atoms with Crippen molar-refractivity contribution in [3.05, 3.63) is 29.0 Å². The molecule has 74 valence electrons. The Morgan fingerprint density at radius 3 is 2.93 bits per heavy atom. The molecule has 1 amide bonds. The number of pyridine rings is 1. The standard InChI is InChI=1S/C10H11ClN2O/c1-10(3-4-10)13-9(14)7-2-5-12-6-8(7)11/h2,5-6H,3-4H2,1H3,(H,13,14). The van der Waals surface area contributed by atoms with Gasteiger partial charge < -0.3 is 5.32 Å². The number of halogens is 1. The minimum absolute atomic E-state index is 0.0102. The van der Waals surface area contributed by atoms with Crippen LogP contribution >= 0.6 is 11.6 Å². The summed E-state index contributed by atoms with van der Waals surface area (Å²) in [5, 5.41) is 3.33. The third kappa shape index (κ3) is 1.87. The van der Waals surface area contributed by atoms with Crippen molar-refractivity contribution in [2.75, 3.05) is 0 Å². The van der Waals surface area contributed by atoms with Gasteiger partial charge in [0, 0.05) is 17.9 Å². The molecule has 4 heteroatoms. The molecule has 1 aliphatic carbocycles. The van der Waals surface area contributed by atoms with Gasteiger partial charge in [-0.2, -0.15) is 0 Å². The number of hydrogen-bond donors (Lipinski definition) is 1. The molecule has 0 atom stereocenters. The molecule has 1 saturated carbocycles. The van der Waals surface area contributed by atoms with Crippen LogP contribution in [0.15, 0.2) is 18.5 Å². The number of rotatable bonds is 2. The molecule has 14 heavy (non-hydrogen) atoms. The molecule has 0 spiro atoms. The van der Waals surface area contributed by atoms with Gasteiger partial charge >= 0.3 is 0 Å². The highest BCUT2D eigenvalue weighted by atomic mass is 35.5. The van der Waals surface area contributed by atoms with Crippen LogP contribution < -0.4 is 5.32 Å². The third-order valence-electron chi connectivity index (χ3n) is 2.43. The summed E-state index contributed by atoms with van der Waals surface area (Å²) in [5.41, 5.74) is 0.485. The molecule has 1 fully saturated rings. The van der Waals surface area contributed by atoms with Crippen LogP contribution in [0.25, 0.3) is 0 Å². The van der Waals surface area contributed by atoms with Crippen LogP contribution in [0.4, 0.5) is 0 Å². The van der Waals surface area contributed by atoms with Crippen LogP contribution in [0.5, 0.6) is 0 Å². The van der Waals surface area contributed by atoms with Gasteiger partial charge in [-0.1, -0.05) is 11.6 Å². The van der Waals surface area contributed by atoms with Crippen molar-refractivity contribution in [2.45, 2.75) is 25.3 Å². The highest BCUT2D eigenvalue weighted by molar-refractivity contribution is 6.33. The van der Waals surface area contributed by atoms with E-state index in [0.717, 1.165) is 12.8 Å². The second-order valence-corrected chi connectivity index (χ2v) is 4.28. The van der Waals surface area contributed by atoms with Gasteiger partial charge in [-0.3, -0.25) is 9.78 Å². The van der Waals surface area contributed by atoms with Crippen LogP contribution in [0.3, 0.4) is 0 Å². The molecule has 0 radical (unpaired) electrons. The van der Waals surface area contributed by atoms with E-state index < -0.39 is 0 Å². The molecule has 1 aromatic rings. The van der Waals surface area contributed by atoms with E-state index in [1.54, 1.807) is 12.3 Å². The minimum atomic E-state index is -0.114. The van der Waals surface area contributed by atoms with Crippen molar-refractivity contribution in [1.29, 1.82) is 0 Å². The first-order valence-corrected chi connectivity index (χ1v) is 4.91. The molecule has 0 bridgehead atoms. The van der Waals surface area contributed by atoms with E-state index in [1.807, 2.05) is 6.92 Å². The Kier molecular flexibility index (Phi) is 2.19. The largest absolute Gasteiger partial charge is 0.347 e. The molecule has 1 heterocycles. The van der Waals surface area contributed by atoms with Gasteiger partial charge in [-0.15, -0.1) is 0 Å². The average molecular weight is 211 g/mol. The average Bonchev–Trinajstić information content (AvgIpc) is 2.84. The Bertz CT molecular complexity index is 374. The summed E-state index contributed by atoms with van der Waals surface area (Å²) in [6.45, 7) is 2.03. The molecule has 0 aliphatic heterocycles. The number of carbonyl (C=O) groups excluding carboxylic acids is 1. The van der Waals surface area contributed by atoms with E-state index in [4.69, 9.17) is 11.6 Å². The number of amides is 1. The Morgan fingerprint density at radius 2 is 2.36 bits per heavy atom. The molecule has 0 unspecified atom stereocenters. The minimum Gasteiger partial charge on any atom is -0.347 e. The van der Waals surface area contributed by atoms with Crippen LogP contribution in [-0.2, 0) is 0 Å². The smallest absolute Gasteiger partial charge is 0.253 e. The maximum absolute atomic E-state index is 11.7. The fraction of sp³-hybridized carbons (Fsp3) is 0.400. The number of nitrogens with one attached hydrogen (secondary N) is 1. The van der Waals surface area contributed by atoms with Gasteiger partial charge in [0.1, 0.15) is 0 Å². The molecule has 3 nitrogen and oxygen atoms in total. The van der Waals surface area contributed by atoms with Crippen molar-refractivity contribution in [3.63, 3.8) is 0 Å². The van der Waals surface area contributed by atoms with Gasteiger partial charge in [0.2, 0.25) is 0 Å². The molecule has 1 aromatic heterocycles. The molecule has 1 N–H and O–H groups in total. The Balaban J connectivity index is 2.15. The topological polar surface area (TPSA) is 42.0 Å². The van der Waals surface area contributed by atoms with Crippen LogP contribution in [0.2, 0.25) is 5.02 Å². The Hall–Kier alpha value is -1.09. The lowest BCUT2D eigenvalue weighted by molar-refractivity contribution is 0.0935. The second kappa shape index (κ2) is 3.24. The summed E-state index contributed by atoms with van der Waals surface area (Å²) < 4.78 is 0. The SMILES string of the molecule is CC1(NC(=O)c2ccncc2Cl)CC1. The summed E-state index contributed by atoms with van der Waals surface area (Å²) in [4.78, 5) is 15.5. The third-order valence-corrected chi connectivity index (χ3v) is 2.73. The fourth-order valence-corrected chi connectivity index (χ4v) is 1.42. The maximum atomic E-state index is 11.7. The van der Waals surface area contributed by atoms with Crippen molar-refractivity contribution in [1.82, 2.24) is 10.3 Å². The first-order valence-electron chi connectivity index (χ1n) is 4.53. The number of nitrogens with zero attached hydrogens (tertiary/aromatic N) is 1. The molecule has 0 aromatic carbocycles. The van der Waals surface area contributed by atoms with E-state index in [2.05, 4.69) is 10.3 Å². The van der Waals surface area contributed by atoms with Gasteiger partial charge in [0.15, 0.2) is 0 Å².